The molecule has 0 saturated carbocycles. The molecule has 2 nitrogen and oxygen atoms in total. The summed E-state index contributed by atoms with van der Waals surface area (Å²) in [4.78, 5) is 0. The summed E-state index contributed by atoms with van der Waals surface area (Å²) in [5.41, 5.74) is 4.10. The van der Waals surface area contributed by atoms with Gasteiger partial charge in [0.25, 0.3) is 0 Å². The van der Waals surface area contributed by atoms with Crippen molar-refractivity contribution < 1.29 is 4.74 Å². The lowest BCUT2D eigenvalue weighted by molar-refractivity contribution is 0.317. The van der Waals surface area contributed by atoms with E-state index in [0.29, 0.717) is 11.8 Å². The van der Waals surface area contributed by atoms with Gasteiger partial charge in [0.1, 0.15) is 5.75 Å². The summed E-state index contributed by atoms with van der Waals surface area (Å²) in [5, 5.41) is 3.34. The van der Waals surface area contributed by atoms with Gasteiger partial charge in [-0.05, 0) is 37.9 Å². The summed E-state index contributed by atoms with van der Waals surface area (Å²) >= 11 is 0. The first-order valence-electron chi connectivity index (χ1n) is 7.71. The molecule has 0 amide bonds. The van der Waals surface area contributed by atoms with Crippen molar-refractivity contribution >= 4 is 0 Å². The number of para-hydroxylation sites is 1. The van der Waals surface area contributed by atoms with Crippen LogP contribution in [-0.4, -0.2) is 20.2 Å². The Morgan fingerprint density at radius 1 is 1.14 bits per heavy atom. The Morgan fingerprint density at radius 2 is 1.90 bits per heavy atom. The predicted octanol–water partition coefficient (Wildman–Crippen LogP) is 3.86. The first-order chi connectivity index (χ1) is 10.3. The third-order valence-corrected chi connectivity index (χ3v) is 4.37. The lowest BCUT2D eigenvalue weighted by Crippen LogP contribution is -2.20. The van der Waals surface area contributed by atoms with E-state index in [1.165, 1.54) is 16.7 Å². The average Bonchev–Trinajstić information content (AvgIpc) is 2.91. The van der Waals surface area contributed by atoms with Crippen LogP contribution in [0.2, 0.25) is 0 Å². The Balaban J connectivity index is 1.79. The van der Waals surface area contributed by atoms with Crippen LogP contribution in [-0.2, 0) is 0 Å². The molecule has 0 radical (unpaired) electrons. The third-order valence-electron chi connectivity index (χ3n) is 4.37. The average molecular weight is 281 g/mol. The zero-order valence-corrected chi connectivity index (χ0v) is 12.8. The molecular formula is C19H23NO. The van der Waals surface area contributed by atoms with Gasteiger partial charge in [0.2, 0.25) is 0 Å². The Morgan fingerprint density at radius 3 is 2.67 bits per heavy atom. The van der Waals surface area contributed by atoms with Crippen LogP contribution in [0.1, 0.15) is 34.9 Å². The van der Waals surface area contributed by atoms with E-state index < -0.39 is 0 Å². The van der Waals surface area contributed by atoms with Crippen molar-refractivity contribution in [2.75, 3.05) is 20.2 Å². The number of benzene rings is 2. The number of ether oxygens (including phenoxy) is 1. The first kappa shape index (κ1) is 14.2. The van der Waals surface area contributed by atoms with Crippen molar-refractivity contribution in [2.24, 2.45) is 0 Å². The maximum atomic E-state index is 5.82. The van der Waals surface area contributed by atoms with Crippen molar-refractivity contribution in [2.45, 2.75) is 25.2 Å². The fraction of sp³-hybridized carbons (Fsp3) is 0.368. The smallest absolute Gasteiger partial charge is 0.122 e. The molecule has 3 rings (SSSR count). The standard InChI is InChI=1S/C19H23NO/c1-14-7-9-15(10-8-14)16(12-20-2)11-17-13-21-19-6-4-3-5-18(17)19/h3-10,16-17,20H,11-13H2,1-2H3. The first-order valence-corrected chi connectivity index (χ1v) is 7.71. The van der Waals surface area contributed by atoms with Gasteiger partial charge < -0.3 is 10.1 Å². The summed E-state index contributed by atoms with van der Waals surface area (Å²) in [7, 11) is 2.03. The van der Waals surface area contributed by atoms with E-state index in [9.17, 15) is 0 Å². The van der Waals surface area contributed by atoms with Gasteiger partial charge in [-0.3, -0.25) is 0 Å². The molecule has 0 saturated heterocycles. The maximum Gasteiger partial charge on any atom is 0.122 e. The highest BCUT2D eigenvalue weighted by Crippen LogP contribution is 2.39. The van der Waals surface area contributed by atoms with Crippen molar-refractivity contribution in [3.63, 3.8) is 0 Å². The number of hydrogen-bond acceptors (Lipinski definition) is 2. The van der Waals surface area contributed by atoms with Crippen molar-refractivity contribution in [3.8, 4) is 5.75 Å². The summed E-state index contributed by atoms with van der Waals surface area (Å²) in [5.74, 6) is 2.09. The Labute approximate surface area is 127 Å². The number of likely N-dealkylation sites (N-methyl/N-ethyl adjacent to an activating group) is 1. The van der Waals surface area contributed by atoms with E-state index in [1.807, 2.05) is 13.1 Å². The minimum atomic E-state index is 0.501. The molecule has 2 atom stereocenters. The maximum absolute atomic E-state index is 5.82. The molecule has 0 fully saturated rings. The molecule has 21 heavy (non-hydrogen) atoms. The monoisotopic (exact) mass is 281 g/mol. The highest BCUT2D eigenvalue weighted by Gasteiger charge is 2.26. The predicted molar refractivity (Wildman–Crippen MR) is 87.1 cm³/mol. The summed E-state index contributed by atoms with van der Waals surface area (Å²) in [6.07, 6.45) is 1.13. The number of aryl methyl sites for hydroxylation is 1. The van der Waals surface area contributed by atoms with Gasteiger partial charge in [-0.1, -0.05) is 48.0 Å². The fourth-order valence-electron chi connectivity index (χ4n) is 3.19. The topological polar surface area (TPSA) is 21.3 Å². The third kappa shape index (κ3) is 3.11. The van der Waals surface area contributed by atoms with Crippen LogP contribution in [0.25, 0.3) is 0 Å². The molecule has 1 N–H and O–H groups in total. The number of fused-ring (bicyclic) bond motifs is 1. The molecule has 0 bridgehead atoms. The van der Waals surface area contributed by atoms with Crippen molar-refractivity contribution in [1.82, 2.24) is 5.32 Å². The minimum absolute atomic E-state index is 0.501. The lowest BCUT2D eigenvalue weighted by atomic mass is 9.86. The van der Waals surface area contributed by atoms with Crippen LogP contribution < -0.4 is 10.1 Å². The van der Waals surface area contributed by atoms with Gasteiger partial charge >= 0.3 is 0 Å². The molecule has 2 heteroatoms. The summed E-state index contributed by atoms with van der Waals surface area (Å²) < 4.78 is 5.82. The van der Waals surface area contributed by atoms with Gasteiger partial charge in [-0.2, -0.15) is 0 Å². The Hall–Kier alpha value is -1.80. The molecule has 2 aromatic rings. The zero-order valence-electron chi connectivity index (χ0n) is 12.8. The van der Waals surface area contributed by atoms with Crippen molar-refractivity contribution in [3.05, 3.63) is 65.2 Å². The Kier molecular flexibility index (Phi) is 4.26. The van der Waals surface area contributed by atoms with Crippen LogP contribution in [0.3, 0.4) is 0 Å². The van der Waals surface area contributed by atoms with Crippen LogP contribution in [0.4, 0.5) is 0 Å². The van der Waals surface area contributed by atoms with E-state index in [4.69, 9.17) is 4.74 Å². The van der Waals surface area contributed by atoms with Crippen LogP contribution in [0.5, 0.6) is 5.75 Å². The highest BCUT2D eigenvalue weighted by molar-refractivity contribution is 5.40. The minimum Gasteiger partial charge on any atom is -0.493 e. The van der Waals surface area contributed by atoms with Gasteiger partial charge in [0.15, 0.2) is 0 Å². The van der Waals surface area contributed by atoms with Gasteiger partial charge in [-0.15, -0.1) is 0 Å². The van der Waals surface area contributed by atoms with Crippen LogP contribution in [0, 0.1) is 6.92 Å². The number of nitrogens with one attached hydrogen (secondary N) is 1. The zero-order chi connectivity index (χ0) is 14.7. The van der Waals surface area contributed by atoms with Crippen LogP contribution >= 0.6 is 0 Å². The second kappa shape index (κ2) is 6.31. The lowest BCUT2D eigenvalue weighted by Gasteiger charge is -2.20. The van der Waals surface area contributed by atoms with Gasteiger partial charge in [-0.25, -0.2) is 0 Å². The molecule has 0 aromatic heterocycles. The molecule has 2 aromatic carbocycles. The normalized spacial score (nSPS) is 18.1. The molecule has 0 aliphatic carbocycles. The molecule has 110 valence electrons. The largest absolute Gasteiger partial charge is 0.493 e. The van der Waals surface area contributed by atoms with E-state index in [0.717, 1.165) is 25.3 Å². The summed E-state index contributed by atoms with van der Waals surface area (Å²) in [6.45, 7) is 3.95. The SMILES string of the molecule is CNCC(CC1COc2ccccc21)c1ccc(C)cc1. The van der Waals surface area contributed by atoms with Gasteiger partial charge in [0.05, 0.1) is 6.61 Å². The highest BCUT2D eigenvalue weighted by atomic mass is 16.5. The quantitative estimate of drug-likeness (QED) is 0.898. The van der Waals surface area contributed by atoms with Gasteiger partial charge in [0, 0.05) is 18.0 Å². The molecule has 1 heterocycles. The second-order valence-electron chi connectivity index (χ2n) is 5.95. The fourth-order valence-corrected chi connectivity index (χ4v) is 3.19. The van der Waals surface area contributed by atoms with E-state index in [-0.39, 0.29) is 0 Å². The van der Waals surface area contributed by atoms with E-state index >= 15 is 0 Å². The summed E-state index contributed by atoms with van der Waals surface area (Å²) in [6, 6.07) is 17.4. The molecular weight excluding hydrogens is 258 g/mol. The molecule has 1 aliphatic heterocycles. The van der Waals surface area contributed by atoms with E-state index in [2.05, 4.69) is 54.7 Å². The molecule has 1 aliphatic rings. The van der Waals surface area contributed by atoms with Crippen molar-refractivity contribution in [1.29, 1.82) is 0 Å². The number of rotatable bonds is 5. The molecule has 0 spiro atoms. The molecule has 2 unspecified atom stereocenters. The van der Waals surface area contributed by atoms with Crippen LogP contribution in [0.15, 0.2) is 48.5 Å². The second-order valence-corrected chi connectivity index (χ2v) is 5.95. The number of hydrogen-bond donors (Lipinski definition) is 1. The Bertz CT molecular complexity index is 591. The van der Waals surface area contributed by atoms with E-state index in [1.54, 1.807) is 0 Å².